The fourth-order valence-corrected chi connectivity index (χ4v) is 1.81. The fourth-order valence-electron chi connectivity index (χ4n) is 1.81. The monoisotopic (exact) mass is 333 g/mol. The van der Waals surface area contributed by atoms with Gasteiger partial charge in [-0.1, -0.05) is 30.3 Å². The predicted octanol–water partition coefficient (Wildman–Crippen LogP) is 3.56. The van der Waals surface area contributed by atoms with Crippen LogP contribution in [0.1, 0.15) is 46.6 Å². The Balaban J connectivity index is 2.40. The molecule has 0 aliphatic heterocycles. The van der Waals surface area contributed by atoms with E-state index >= 15 is 0 Å². The Hall–Kier alpha value is -2.17. The number of carbonyl (C=O) groups is 2. The van der Waals surface area contributed by atoms with Crippen LogP contribution in [-0.2, 0) is 25.7 Å². The molecule has 0 bridgehead atoms. The Kier molecular flexibility index (Phi) is 7.14. The Morgan fingerprint density at radius 3 is 2.29 bits per heavy atom. The lowest BCUT2D eigenvalue weighted by atomic mass is 9.90. The Labute approximate surface area is 144 Å². The summed E-state index contributed by atoms with van der Waals surface area (Å²) in [4.78, 5) is 27.8. The molecule has 24 heavy (non-hydrogen) atoms. The van der Waals surface area contributed by atoms with E-state index in [4.69, 9.17) is 9.47 Å². The summed E-state index contributed by atoms with van der Waals surface area (Å²) in [7, 11) is 0. The molecule has 0 aliphatic rings. The van der Waals surface area contributed by atoms with E-state index in [9.17, 15) is 9.59 Å². The molecule has 5 nitrogen and oxygen atoms in total. The minimum atomic E-state index is -0.702. The average Bonchev–Trinajstić information content (AvgIpc) is 2.48. The van der Waals surface area contributed by atoms with Gasteiger partial charge in [0.05, 0.1) is 5.41 Å². The molecule has 0 saturated heterocycles. The van der Waals surface area contributed by atoms with Gasteiger partial charge in [-0.25, -0.2) is 0 Å². The van der Waals surface area contributed by atoms with Gasteiger partial charge in [0.1, 0.15) is 18.8 Å². The Bertz CT molecular complexity index is 571. The zero-order valence-electron chi connectivity index (χ0n) is 15.2. The summed E-state index contributed by atoms with van der Waals surface area (Å²) in [6.07, 6.45) is 1.97. The highest BCUT2D eigenvalue weighted by Crippen LogP contribution is 2.21. The summed E-state index contributed by atoms with van der Waals surface area (Å²) < 4.78 is 10.5. The second-order valence-corrected chi connectivity index (χ2v) is 7.26. The highest BCUT2D eigenvalue weighted by atomic mass is 16.6. The number of rotatable bonds is 7. The first kappa shape index (κ1) is 19.9. The number of hydrogen-bond acceptors (Lipinski definition) is 5. The maximum absolute atomic E-state index is 12.2. The summed E-state index contributed by atoms with van der Waals surface area (Å²) in [5.41, 5.74) is -0.278. The van der Waals surface area contributed by atoms with Gasteiger partial charge in [0.2, 0.25) is 0 Å². The SMILES string of the molecule is CC(C)(C)OC(=O)CN=CCC(C)(C)C(=O)OCc1ccccc1. The molecule has 1 aromatic rings. The largest absolute Gasteiger partial charge is 0.460 e. The second kappa shape index (κ2) is 8.62. The third kappa shape index (κ3) is 7.90. The number of esters is 2. The van der Waals surface area contributed by atoms with E-state index in [1.165, 1.54) is 0 Å². The smallest absolute Gasteiger partial charge is 0.328 e. The van der Waals surface area contributed by atoms with E-state index < -0.39 is 11.0 Å². The van der Waals surface area contributed by atoms with Crippen LogP contribution in [0.3, 0.4) is 0 Å². The van der Waals surface area contributed by atoms with Crippen LogP contribution in [0.2, 0.25) is 0 Å². The van der Waals surface area contributed by atoms with Crippen molar-refractivity contribution in [1.29, 1.82) is 0 Å². The maximum atomic E-state index is 12.2. The average molecular weight is 333 g/mol. The van der Waals surface area contributed by atoms with Crippen molar-refractivity contribution in [3.8, 4) is 0 Å². The summed E-state index contributed by atoms with van der Waals surface area (Å²) in [5.74, 6) is -0.682. The molecule has 0 aromatic heterocycles. The summed E-state index contributed by atoms with van der Waals surface area (Å²) in [6.45, 7) is 9.20. The fraction of sp³-hybridized carbons (Fsp3) is 0.526. The van der Waals surface area contributed by atoms with E-state index in [0.717, 1.165) is 5.56 Å². The summed E-state index contributed by atoms with van der Waals surface area (Å²) in [6, 6.07) is 9.52. The van der Waals surface area contributed by atoms with Gasteiger partial charge >= 0.3 is 11.9 Å². The van der Waals surface area contributed by atoms with Crippen molar-refractivity contribution in [3.05, 3.63) is 35.9 Å². The number of carbonyl (C=O) groups excluding carboxylic acids is 2. The number of benzene rings is 1. The second-order valence-electron chi connectivity index (χ2n) is 7.26. The Morgan fingerprint density at radius 2 is 1.71 bits per heavy atom. The van der Waals surface area contributed by atoms with E-state index in [1.807, 2.05) is 30.3 Å². The molecule has 0 spiro atoms. The quantitative estimate of drug-likeness (QED) is 0.565. The zero-order valence-corrected chi connectivity index (χ0v) is 15.2. The van der Waals surface area contributed by atoms with Crippen molar-refractivity contribution in [2.24, 2.45) is 10.4 Å². The molecule has 0 saturated carbocycles. The Morgan fingerprint density at radius 1 is 1.08 bits per heavy atom. The lowest BCUT2D eigenvalue weighted by Crippen LogP contribution is -2.27. The van der Waals surface area contributed by atoms with Gasteiger partial charge in [0.25, 0.3) is 0 Å². The molecule has 0 atom stereocenters. The van der Waals surface area contributed by atoms with E-state index in [2.05, 4.69) is 4.99 Å². The molecule has 0 unspecified atom stereocenters. The van der Waals surface area contributed by atoms with Gasteiger partial charge in [0.15, 0.2) is 0 Å². The molecule has 0 amide bonds. The molecule has 0 heterocycles. The van der Waals surface area contributed by atoms with Crippen LogP contribution in [0.5, 0.6) is 0 Å². The van der Waals surface area contributed by atoms with Crippen LogP contribution in [0.15, 0.2) is 35.3 Å². The summed E-state index contributed by atoms with van der Waals surface area (Å²) in [5, 5.41) is 0. The van der Waals surface area contributed by atoms with Gasteiger partial charge in [-0.05, 0) is 46.6 Å². The topological polar surface area (TPSA) is 65.0 Å². The normalized spacial score (nSPS) is 12.2. The van der Waals surface area contributed by atoms with Crippen LogP contribution >= 0.6 is 0 Å². The van der Waals surface area contributed by atoms with Gasteiger partial charge in [0, 0.05) is 6.21 Å². The molecule has 0 aliphatic carbocycles. The van der Waals surface area contributed by atoms with Crippen LogP contribution in [0.25, 0.3) is 0 Å². The molecule has 132 valence electrons. The predicted molar refractivity (Wildman–Crippen MR) is 93.8 cm³/mol. The molecule has 0 radical (unpaired) electrons. The first-order valence-corrected chi connectivity index (χ1v) is 8.01. The van der Waals surface area contributed by atoms with E-state index in [-0.39, 0.29) is 25.1 Å². The molecule has 1 aromatic carbocycles. The van der Waals surface area contributed by atoms with Gasteiger partial charge in [-0.3, -0.25) is 14.6 Å². The lowest BCUT2D eigenvalue weighted by Gasteiger charge is -2.20. The standard InChI is InChI=1S/C19H27NO4/c1-18(2,3)24-16(21)13-20-12-11-19(4,5)17(22)23-14-15-9-7-6-8-10-15/h6-10,12H,11,13-14H2,1-5H3. The lowest BCUT2D eigenvalue weighted by molar-refractivity contribution is -0.155. The third-order valence-corrected chi connectivity index (χ3v) is 3.14. The number of ether oxygens (including phenoxy) is 2. The van der Waals surface area contributed by atoms with Crippen LogP contribution in [0.4, 0.5) is 0 Å². The molecule has 1 rings (SSSR count). The molecule has 0 fully saturated rings. The minimum Gasteiger partial charge on any atom is -0.460 e. The van der Waals surface area contributed by atoms with Crippen molar-refractivity contribution in [3.63, 3.8) is 0 Å². The third-order valence-electron chi connectivity index (χ3n) is 3.14. The van der Waals surface area contributed by atoms with Crippen molar-refractivity contribution in [2.75, 3.05) is 6.54 Å². The molecule has 0 N–H and O–H groups in total. The highest BCUT2D eigenvalue weighted by molar-refractivity contribution is 5.80. The van der Waals surface area contributed by atoms with Crippen molar-refractivity contribution in [1.82, 2.24) is 0 Å². The number of nitrogens with zero attached hydrogens (tertiary/aromatic N) is 1. The highest BCUT2D eigenvalue weighted by Gasteiger charge is 2.28. The van der Waals surface area contributed by atoms with Crippen LogP contribution in [-0.4, -0.2) is 30.3 Å². The molecular formula is C19H27NO4. The van der Waals surface area contributed by atoms with E-state index in [0.29, 0.717) is 6.42 Å². The zero-order chi connectivity index (χ0) is 18.2. The molecular weight excluding hydrogens is 306 g/mol. The van der Waals surface area contributed by atoms with Crippen molar-refractivity contribution in [2.45, 2.75) is 53.2 Å². The van der Waals surface area contributed by atoms with Crippen LogP contribution < -0.4 is 0 Å². The van der Waals surface area contributed by atoms with E-state index in [1.54, 1.807) is 40.8 Å². The van der Waals surface area contributed by atoms with Crippen molar-refractivity contribution < 1.29 is 19.1 Å². The maximum Gasteiger partial charge on any atom is 0.328 e. The first-order valence-electron chi connectivity index (χ1n) is 8.01. The molecule has 5 heteroatoms. The van der Waals surface area contributed by atoms with Crippen molar-refractivity contribution >= 4 is 18.2 Å². The first-order chi connectivity index (χ1) is 11.1. The summed E-state index contributed by atoms with van der Waals surface area (Å²) >= 11 is 0. The number of aliphatic imine (C=N–C) groups is 1. The van der Waals surface area contributed by atoms with Gasteiger partial charge in [-0.15, -0.1) is 0 Å². The minimum absolute atomic E-state index is 0.0492. The van der Waals surface area contributed by atoms with Crippen LogP contribution in [0, 0.1) is 5.41 Å². The van der Waals surface area contributed by atoms with Gasteiger partial charge < -0.3 is 9.47 Å². The number of hydrogen-bond donors (Lipinski definition) is 0. The van der Waals surface area contributed by atoms with Gasteiger partial charge in [-0.2, -0.15) is 0 Å².